The maximum absolute atomic E-state index is 6.44. The SMILES string of the molecule is c1ccc(N(c2ccc(-c3cc4ccccc4c4ccccc34)cc2)c2cccc3oc4ccccc4c23)c(-c2cccc3oc4ccccc4c23)c1. The number of furan rings is 2. The third kappa shape index (κ3) is 4.61. The summed E-state index contributed by atoms with van der Waals surface area (Å²) >= 11 is 0. The molecule has 0 N–H and O–H groups in total. The van der Waals surface area contributed by atoms with Crippen molar-refractivity contribution in [2.75, 3.05) is 4.90 Å². The number of benzene rings is 9. The Bertz CT molecular complexity index is 3180. The molecule has 248 valence electrons. The average molecular weight is 678 g/mol. The van der Waals surface area contributed by atoms with Crippen LogP contribution in [0.4, 0.5) is 17.1 Å². The van der Waals surface area contributed by atoms with Crippen molar-refractivity contribution in [3.63, 3.8) is 0 Å². The lowest BCUT2D eigenvalue weighted by Gasteiger charge is -2.29. The van der Waals surface area contributed by atoms with E-state index in [1.54, 1.807) is 0 Å². The molecule has 0 radical (unpaired) electrons. The van der Waals surface area contributed by atoms with Crippen LogP contribution in [-0.4, -0.2) is 0 Å². The lowest BCUT2D eigenvalue weighted by atomic mass is 9.93. The molecule has 0 saturated heterocycles. The van der Waals surface area contributed by atoms with Crippen LogP contribution in [0.3, 0.4) is 0 Å². The van der Waals surface area contributed by atoms with E-state index >= 15 is 0 Å². The van der Waals surface area contributed by atoms with Crippen molar-refractivity contribution in [1.82, 2.24) is 0 Å². The zero-order chi connectivity index (χ0) is 34.9. The molecular formula is C50H31NO2. The van der Waals surface area contributed by atoms with Crippen molar-refractivity contribution in [3.8, 4) is 22.3 Å². The zero-order valence-electron chi connectivity index (χ0n) is 28.7. The van der Waals surface area contributed by atoms with Crippen LogP contribution < -0.4 is 4.90 Å². The molecule has 2 heterocycles. The van der Waals surface area contributed by atoms with E-state index in [9.17, 15) is 0 Å². The lowest BCUT2D eigenvalue weighted by molar-refractivity contribution is 0.668. The highest BCUT2D eigenvalue weighted by Gasteiger charge is 2.23. The minimum Gasteiger partial charge on any atom is -0.456 e. The van der Waals surface area contributed by atoms with Crippen LogP contribution in [0.2, 0.25) is 0 Å². The summed E-state index contributed by atoms with van der Waals surface area (Å²) in [6.07, 6.45) is 0. The molecule has 0 fully saturated rings. The summed E-state index contributed by atoms with van der Waals surface area (Å²) in [4.78, 5) is 2.39. The number of nitrogens with zero attached hydrogens (tertiary/aromatic N) is 1. The second-order valence-electron chi connectivity index (χ2n) is 13.6. The average Bonchev–Trinajstić information content (AvgIpc) is 3.80. The van der Waals surface area contributed by atoms with E-state index in [-0.39, 0.29) is 0 Å². The summed E-state index contributed by atoms with van der Waals surface area (Å²) < 4.78 is 12.8. The fourth-order valence-electron chi connectivity index (χ4n) is 8.33. The van der Waals surface area contributed by atoms with Gasteiger partial charge < -0.3 is 13.7 Å². The number of anilines is 3. The fraction of sp³-hybridized carbons (Fsp3) is 0. The fourth-order valence-corrected chi connectivity index (χ4v) is 8.33. The van der Waals surface area contributed by atoms with Crippen molar-refractivity contribution in [1.29, 1.82) is 0 Å². The number of hydrogen-bond donors (Lipinski definition) is 0. The predicted molar refractivity (Wildman–Crippen MR) is 222 cm³/mol. The number of para-hydroxylation sites is 3. The Labute approximate surface area is 305 Å². The van der Waals surface area contributed by atoms with E-state index in [2.05, 4.69) is 169 Å². The first-order valence-corrected chi connectivity index (χ1v) is 18.0. The molecule has 0 aliphatic carbocycles. The van der Waals surface area contributed by atoms with Crippen molar-refractivity contribution in [2.24, 2.45) is 0 Å². The summed E-state index contributed by atoms with van der Waals surface area (Å²) in [6.45, 7) is 0. The van der Waals surface area contributed by atoms with Crippen molar-refractivity contribution >= 4 is 82.5 Å². The van der Waals surface area contributed by atoms with Crippen LogP contribution in [0.1, 0.15) is 0 Å². The molecule has 3 nitrogen and oxygen atoms in total. The minimum absolute atomic E-state index is 0.855. The first-order chi connectivity index (χ1) is 26.3. The maximum atomic E-state index is 6.44. The van der Waals surface area contributed by atoms with E-state index in [1.807, 2.05) is 24.3 Å². The van der Waals surface area contributed by atoms with E-state index in [0.29, 0.717) is 0 Å². The van der Waals surface area contributed by atoms with Gasteiger partial charge in [-0.25, -0.2) is 0 Å². The van der Waals surface area contributed by atoms with Gasteiger partial charge in [-0.05, 0) is 92.8 Å². The van der Waals surface area contributed by atoms with Gasteiger partial charge >= 0.3 is 0 Å². The first kappa shape index (κ1) is 29.6. The Balaban J connectivity index is 1.16. The highest BCUT2D eigenvalue weighted by Crippen LogP contribution is 2.48. The summed E-state index contributed by atoms with van der Waals surface area (Å²) in [5, 5.41) is 9.40. The predicted octanol–water partition coefficient (Wildman–Crippen LogP) is 14.6. The Kier molecular flexibility index (Phi) is 6.55. The van der Waals surface area contributed by atoms with Gasteiger partial charge in [0.15, 0.2) is 0 Å². The Morgan fingerprint density at radius 2 is 0.849 bits per heavy atom. The second kappa shape index (κ2) is 11.7. The van der Waals surface area contributed by atoms with Gasteiger partial charge in [0, 0.05) is 27.4 Å². The molecule has 3 heteroatoms. The summed E-state index contributed by atoms with van der Waals surface area (Å²) in [6, 6.07) is 66.8. The lowest BCUT2D eigenvalue weighted by Crippen LogP contribution is -2.11. The third-order valence-electron chi connectivity index (χ3n) is 10.7. The Morgan fingerprint density at radius 1 is 0.321 bits per heavy atom. The highest BCUT2D eigenvalue weighted by molar-refractivity contribution is 6.17. The van der Waals surface area contributed by atoms with E-state index in [1.165, 1.54) is 32.7 Å². The summed E-state index contributed by atoms with van der Waals surface area (Å²) in [7, 11) is 0. The molecule has 11 rings (SSSR count). The first-order valence-electron chi connectivity index (χ1n) is 18.0. The van der Waals surface area contributed by atoms with Gasteiger partial charge in [0.1, 0.15) is 22.3 Å². The van der Waals surface area contributed by atoms with Gasteiger partial charge in [0.2, 0.25) is 0 Å². The molecular weight excluding hydrogens is 647 g/mol. The monoisotopic (exact) mass is 677 g/mol. The quantitative estimate of drug-likeness (QED) is 0.170. The summed E-state index contributed by atoms with van der Waals surface area (Å²) in [5.74, 6) is 0. The zero-order valence-corrected chi connectivity index (χ0v) is 28.7. The Hall–Kier alpha value is -7.10. The van der Waals surface area contributed by atoms with Gasteiger partial charge in [-0.15, -0.1) is 0 Å². The smallest absolute Gasteiger partial charge is 0.137 e. The number of hydrogen-bond acceptors (Lipinski definition) is 3. The van der Waals surface area contributed by atoms with Crippen LogP contribution in [0.15, 0.2) is 197 Å². The standard InChI is InChI=1S/C50H31NO2/c1-2-14-35-33(13-1)31-42(37-16-4-3-15-36(35)37)32-27-29-34(30-28-32)51(44-22-12-26-48-50(44)41-19-7-10-24-46(41)53-48)43-21-8-5-17-38(43)39-20-11-25-47-49(39)40-18-6-9-23-45(40)52-47/h1-31H. The molecule has 2 aromatic heterocycles. The molecule has 0 bridgehead atoms. The van der Waals surface area contributed by atoms with Crippen LogP contribution in [0.5, 0.6) is 0 Å². The molecule has 0 unspecified atom stereocenters. The van der Waals surface area contributed by atoms with E-state index in [0.717, 1.165) is 72.1 Å². The van der Waals surface area contributed by atoms with Gasteiger partial charge in [0.05, 0.1) is 16.8 Å². The molecule has 0 aliphatic heterocycles. The van der Waals surface area contributed by atoms with Crippen LogP contribution >= 0.6 is 0 Å². The van der Waals surface area contributed by atoms with Gasteiger partial charge in [0.25, 0.3) is 0 Å². The topological polar surface area (TPSA) is 29.5 Å². The van der Waals surface area contributed by atoms with Gasteiger partial charge in [-0.3, -0.25) is 0 Å². The van der Waals surface area contributed by atoms with Crippen molar-refractivity contribution in [2.45, 2.75) is 0 Å². The van der Waals surface area contributed by atoms with Crippen LogP contribution in [0.25, 0.3) is 87.7 Å². The Morgan fingerprint density at radius 3 is 1.62 bits per heavy atom. The number of fused-ring (bicyclic) bond motifs is 9. The largest absolute Gasteiger partial charge is 0.456 e. The molecule has 0 amide bonds. The minimum atomic E-state index is 0.855. The normalized spacial score (nSPS) is 11.8. The molecule has 0 aliphatic rings. The highest BCUT2D eigenvalue weighted by atomic mass is 16.3. The van der Waals surface area contributed by atoms with Crippen molar-refractivity contribution < 1.29 is 8.83 Å². The molecule has 53 heavy (non-hydrogen) atoms. The maximum Gasteiger partial charge on any atom is 0.137 e. The van der Waals surface area contributed by atoms with E-state index < -0.39 is 0 Å². The van der Waals surface area contributed by atoms with Crippen LogP contribution in [0, 0.1) is 0 Å². The molecule has 11 aromatic rings. The van der Waals surface area contributed by atoms with Gasteiger partial charge in [-0.1, -0.05) is 133 Å². The summed E-state index contributed by atoms with van der Waals surface area (Å²) in [5.41, 5.74) is 11.3. The molecule has 0 saturated carbocycles. The number of rotatable bonds is 5. The van der Waals surface area contributed by atoms with Crippen LogP contribution in [-0.2, 0) is 0 Å². The third-order valence-corrected chi connectivity index (χ3v) is 10.7. The molecule has 9 aromatic carbocycles. The molecule has 0 spiro atoms. The second-order valence-corrected chi connectivity index (χ2v) is 13.6. The molecule has 0 atom stereocenters. The van der Waals surface area contributed by atoms with Crippen molar-refractivity contribution in [3.05, 3.63) is 188 Å². The van der Waals surface area contributed by atoms with Gasteiger partial charge in [-0.2, -0.15) is 0 Å². The van der Waals surface area contributed by atoms with E-state index in [4.69, 9.17) is 8.83 Å².